The molecule has 19 heavy (non-hydrogen) atoms. The highest BCUT2D eigenvalue weighted by Crippen LogP contribution is 2.35. The fraction of sp³-hybridized carbons (Fsp3) is 0.500. The van der Waals surface area contributed by atoms with Crippen LogP contribution in [0.15, 0.2) is 21.1 Å². The molecule has 1 aromatic carbocycles. The van der Waals surface area contributed by atoms with Gasteiger partial charge in [0.15, 0.2) is 0 Å². The quantitative estimate of drug-likeness (QED) is 0.810. The summed E-state index contributed by atoms with van der Waals surface area (Å²) in [6.45, 7) is 9.39. The summed E-state index contributed by atoms with van der Waals surface area (Å²) in [5.41, 5.74) is 6.63. The lowest BCUT2D eigenvalue weighted by atomic mass is 9.74. The highest BCUT2D eigenvalue weighted by Gasteiger charge is 2.40. The Morgan fingerprint density at radius 1 is 1.16 bits per heavy atom. The zero-order valence-electron chi connectivity index (χ0n) is 11.9. The van der Waals surface area contributed by atoms with Gasteiger partial charge in [-0.2, -0.15) is 0 Å². The normalized spacial score (nSPS) is 12.4. The Labute approximate surface area is 131 Å². The molecular weight excluding hydrogens is 372 g/mol. The second kappa shape index (κ2) is 5.54. The third-order valence-corrected chi connectivity index (χ3v) is 4.85. The molecule has 0 aliphatic heterocycles. The Balaban J connectivity index is 3.08. The average Bonchev–Trinajstić information content (AvgIpc) is 2.21. The number of anilines is 1. The number of carbonyl (C=O) groups is 1. The van der Waals surface area contributed by atoms with Crippen LogP contribution >= 0.6 is 31.9 Å². The molecule has 0 unspecified atom stereocenters. The summed E-state index contributed by atoms with van der Waals surface area (Å²) >= 11 is 6.94. The largest absolute Gasteiger partial charge is 0.325 e. The number of carbonyl (C=O) groups excluding carboxylic acids is 1. The third kappa shape index (κ3) is 3.58. The van der Waals surface area contributed by atoms with E-state index >= 15 is 0 Å². The molecule has 0 radical (unpaired) electrons. The molecule has 0 saturated heterocycles. The van der Waals surface area contributed by atoms with Gasteiger partial charge in [-0.05, 0) is 84.2 Å². The number of benzene rings is 1. The van der Waals surface area contributed by atoms with Gasteiger partial charge in [0.1, 0.15) is 0 Å². The Hall–Kier alpha value is -0.390. The van der Waals surface area contributed by atoms with Crippen LogP contribution in [-0.2, 0) is 4.79 Å². The minimum atomic E-state index is -0.684. The van der Waals surface area contributed by atoms with E-state index in [2.05, 4.69) is 37.2 Å². The summed E-state index contributed by atoms with van der Waals surface area (Å²) in [6.07, 6.45) is 0. The molecule has 1 rings (SSSR count). The monoisotopic (exact) mass is 390 g/mol. The van der Waals surface area contributed by atoms with Crippen molar-refractivity contribution in [2.45, 2.75) is 40.2 Å². The van der Waals surface area contributed by atoms with Gasteiger partial charge in [0, 0.05) is 14.5 Å². The molecule has 1 aromatic rings. The first-order valence-electron chi connectivity index (χ1n) is 6.03. The summed E-state index contributed by atoms with van der Waals surface area (Å²) in [6, 6.07) is 3.92. The second-order valence-electron chi connectivity index (χ2n) is 5.90. The standard InChI is InChI=1S/C14H20Br2N2O/c1-8-6-9(15)11(10(16)7-8)18-12(19)13(2,3)14(4,5)17/h6-7H,17H2,1-5H3,(H,18,19). The molecule has 0 aromatic heterocycles. The van der Waals surface area contributed by atoms with Crippen LogP contribution in [0.3, 0.4) is 0 Å². The molecule has 3 nitrogen and oxygen atoms in total. The van der Waals surface area contributed by atoms with Gasteiger partial charge < -0.3 is 11.1 Å². The van der Waals surface area contributed by atoms with Crippen molar-refractivity contribution in [2.75, 3.05) is 5.32 Å². The fourth-order valence-electron chi connectivity index (χ4n) is 1.38. The van der Waals surface area contributed by atoms with Crippen LogP contribution in [0.25, 0.3) is 0 Å². The number of amides is 1. The van der Waals surface area contributed by atoms with E-state index in [1.807, 2.05) is 46.8 Å². The first-order chi connectivity index (χ1) is 8.46. The van der Waals surface area contributed by atoms with E-state index in [1.165, 1.54) is 0 Å². The lowest BCUT2D eigenvalue weighted by Crippen LogP contribution is -2.53. The zero-order chi connectivity index (χ0) is 15.0. The van der Waals surface area contributed by atoms with Gasteiger partial charge in [0.2, 0.25) is 5.91 Å². The number of hydrogen-bond acceptors (Lipinski definition) is 2. The molecule has 0 heterocycles. The van der Waals surface area contributed by atoms with Crippen LogP contribution in [0.2, 0.25) is 0 Å². The van der Waals surface area contributed by atoms with Crippen LogP contribution in [0.1, 0.15) is 33.3 Å². The maximum Gasteiger partial charge on any atom is 0.231 e. The van der Waals surface area contributed by atoms with Gasteiger partial charge in [-0.3, -0.25) is 4.79 Å². The van der Waals surface area contributed by atoms with Crippen LogP contribution in [0.4, 0.5) is 5.69 Å². The van der Waals surface area contributed by atoms with Crippen molar-refractivity contribution in [3.63, 3.8) is 0 Å². The Morgan fingerprint density at radius 2 is 1.58 bits per heavy atom. The Kier molecular flexibility index (Phi) is 4.86. The molecule has 5 heteroatoms. The Bertz CT molecular complexity index is 482. The van der Waals surface area contributed by atoms with Crippen molar-refractivity contribution < 1.29 is 4.79 Å². The molecule has 0 fully saturated rings. The van der Waals surface area contributed by atoms with Crippen molar-refractivity contribution in [3.05, 3.63) is 26.6 Å². The van der Waals surface area contributed by atoms with E-state index in [9.17, 15) is 4.79 Å². The number of aryl methyl sites for hydroxylation is 1. The van der Waals surface area contributed by atoms with E-state index < -0.39 is 11.0 Å². The summed E-state index contributed by atoms with van der Waals surface area (Å²) in [7, 11) is 0. The molecule has 0 saturated carbocycles. The molecule has 0 aliphatic rings. The molecule has 106 valence electrons. The third-order valence-electron chi connectivity index (χ3n) is 3.60. The molecular formula is C14H20Br2N2O. The van der Waals surface area contributed by atoms with E-state index in [-0.39, 0.29) is 5.91 Å². The van der Waals surface area contributed by atoms with Crippen molar-refractivity contribution >= 4 is 43.5 Å². The number of halogens is 2. The highest BCUT2D eigenvalue weighted by atomic mass is 79.9. The van der Waals surface area contributed by atoms with Gasteiger partial charge in [-0.15, -0.1) is 0 Å². The van der Waals surface area contributed by atoms with E-state index in [0.717, 1.165) is 20.2 Å². The average molecular weight is 392 g/mol. The van der Waals surface area contributed by atoms with Crippen LogP contribution < -0.4 is 11.1 Å². The van der Waals surface area contributed by atoms with Gasteiger partial charge in [0.25, 0.3) is 0 Å². The summed E-state index contributed by atoms with van der Waals surface area (Å²) in [5.74, 6) is -0.106. The number of nitrogens with one attached hydrogen (secondary N) is 1. The summed E-state index contributed by atoms with van der Waals surface area (Å²) in [4.78, 5) is 12.4. The molecule has 1 amide bonds. The number of nitrogens with two attached hydrogens (primary N) is 1. The first kappa shape index (κ1) is 16.7. The summed E-state index contributed by atoms with van der Waals surface area (Å²) < 4.78 is 1.69. The maximum absolute atomic E-state index is 12.4. The lowest BCUT2D eigenvalue weighted by molar-refractivity contribution is -0.126. The smallest absolute Gasteiger partial charge is 0.231 e. The number of hydrogen-bond donors (Lipinski definition) is 2. The van der Waals surface area contributed by atoms with Gasteiger partial charge in [-0.25, -0.2) is 0 Å². The molecule has 0 bridgehead atoms. The minimum absolute atomic E-state index is 0.106. The topological polar surface area (TPSA) is 55.1 Å². The van der Waals surface area contributed by atoms with Gasteiger partial charge in [-0.1, -0.05) is 0 Å². The van der Waals surface area contributed by atoms with Crippen molar-refractivity contribution in [2.24, 2.45) is 11.1 Å². The SMILES string of the molecule is Cc1cc(Br)c(NC(=O)C(C)(C)C(C)(C)N)c(Br)c1. The second-order valence-corrected chi connectivity index (χ2v) is 7.61. The van der Waals surface area contributed by atoms with Crippen LogP contribution in [0, 0.1) is 12.3 Å². The van der Waals surface area contributed by atoms with E-state index in [0.29, 0.717) is 0 Å². The first-order valence-corrected chi connectivity index (χ1v) is 7.61. The highest BCUT2D eigenvalue weighted by molar-refractivity contribution is 9.11. The van der Waals surface area contributed by atoms with E-state index in [4.69, 9.17) is 5.73 Å². The predicted molar refractivity (Wildman–Crippen MR) is 87.3 cm³/mol. The lowest BCUT2D eigenvalue weighted by Gasteiger charge is -2.37. The predicted octanol–water partition coefficient (Wildman–Crippen LogP) is 4.22. The molecule has 3 N–H and O–H groups in total. The zero-order valence-corrected chi connectivity index (χ0v) is 15.1. The van der Waals surface area contributed by atoms with Crippen molar-refractivity contribution in [3.8, 4) is 0 Å². The van der Waals surface area contributed by atoms with Gasteiger partial charge in [0.05, 0.1) is 11.1 Å². The summed E-state index contributed by atoms with van der Waals surface area (Å²) in [5, 5.41) is 2.94. The fourth-order valence-corrected chi connectivity index (χ4v) is 3.00. The van der Waals surface area contributed by atoms with Crippen LogP contribution in [0.5, 0.6) is 0 Å². The minimum Gasteiger partial charge on any atom is -0.325 e. The van der Waals surface area contributed by atoms with Crippen molar-refractivity contribution in [1.29, 1.82) is 0 Å². The molecule has 0 spiro atoms. The Morgan fingerprint density at radius 3 is 1.95 bits per heavy atom. The maximum atomic E-state index is 12.4. The van der Waals surface area contributed by atoms with Crippen molar-refractivity contribution in [1.82, 2.24) is 0 Å². The number of rotatable bonds is 3. The van der Waals surface area contributed by atoms with E-state index in [1.54, 1.807) is 0 Å². The molecule has 0 atom stereocenters. The van der Waals surface area contributed by atoms with Crippen LogP contribution in [-0.4, -0.2) is 11.4 Å². The molecule has 0 aliphatic carbocycles. The van der Waals surface area contributed by atoms with Gasteiger partial charge >= 0.3 is 0 Å².